The predicted octanol–water partition coefficient (Wildman–Crippen LogP) is 6.18. The number of benzene rings is 1. The summed E-state index contributed by atoms with van der Waals surface area (Å²) in [5.41, 5.74) is 2.26. The average Bonchev–Trinajstić information content (AvgIpc) is 2.86. The standard InChI is InChI=1S/C28H37F3N4O.CH4/c1-21-4-6-22(7-5-21)19-23-9-15-34(16-10-23)14-2-3-27(36)35-17-11-24(12-18-35)33-25-8-13-32-26(20-25)28(29,30)31;/h4-8,13,20,23-24H,2-3,9-12,14-19H2,1H3,(H,32,33);1H4. The highest BCUT2D eigenvalue weighted by molar-refractivity contribution is 5.76. The Kier molecular flexibility index (Phi) is 10.4. The fourth-order valence-corrected chi connectivity index (χ4v) is 5.27. The summed E-state index contributed by atoms with van der Waals surface area (Å²) in [6.07, 6.45) is 3.18. The fraction of sp³-hybridized carbons (Fsp3) is 0.586. The smallest absolute Gasteiger partial charge is 0.382 e. The molecule has 2 aromatic rings. The molecule has 1 aromatic heterocycles. The lowest BCUT2D eigenvalue weighted by molar-refractivity contribution is -0.141. The number of rotatable bonds is 8. The van der Waals surface area contributed by atoms with E-state index in [1.807, 2.05) is 4.90 Å². The van der Waals surface area contributed by atoms with Gasteiger partial charge in [-0.2, -0.15) is 13.2 Å². The minimum Gasteiger partial charge on any atom is -0.382 e. The maximum Gasteiger partial charge on any atom is 0.433 e. The Morgan fingerprint density at radius 3 is 2.35 bits per heavy atom. The Morgan fingerprint density at radius 1 is 1.03 bits per heavy atom. The Labute approximate surface area is 219 Å². The van der Waals surface area contributed by atoms with Gasteiger partial charge in [-0.05, 0) is 88.7 Å². The molecule has 0 aliphatic carbocycles. The summed E-state index contributed by atoms with van der Waals surface area (Å²) in [4.78, 5) is 20.5. The van der Waals surface area contributed by atoms with E-state index in [2.05, 4.69) is 46.4 Å². The molecule has 4 rings (SSSR count). The number of hydrogen-bond acceptors (Lipinski definition) is 4. The molecule has 0 spiro atoms. The van der Waals surface area contributed by atoms with E-state index in [1.54, 1.807) is 6.07 Å². The molecular weight excluding hydrogens is 477 g/mol. The summed E-state index contributed by atoms with van der Waals surface area (Å²) in [5, 5.41) is 3.18. The number of halogens is 3. The molecule has 2 aliphatic rings. The van der Waals surface area contributed by atoms with Gasteiger partial charge in [-0.1, -0.05) is 37.3 Å². The van der Waals surface area contributed by atoms with Crippen LogP contribution in [-0.4, -0.2) is 59.5 Å². The van der Waals surface area contributed by atoms with E-state index < -0.39 is 11.9 Å². The van der Waals surface area contributed by atoms with E-state index >= 15 is 0 Å². The van der Waals surface area contributed by atoms with Gasteiger partial charge in [0.2, 0.25) is 5.91 Å². The monoisotopic (exact) mass is 518 g/mol. The summed E-state index contributed by atoms with van der Waals surface area (Å²) in [5.74, 6) is 0.929. The van der Waals surface area contributed by atoms with Crippen LogP contribution in [0.25, 0.3) is 0 Å². The van der Waals surface area contributed by atoms with Gasteiger partial charge in [0.15, 0.2) is 0 Å². The molecular formula is C29H41F3N4O. The van der Waals surface area contributed by atoms with Gasteiger partial charge >= 0.3 is 6.18 Å². The molecule has 204 valence electrons. The Hall–Kier alpha value is -2.61. The first-order valence-corrected chi connectivity index (χ1v) is 13.1. The molecule has 0 saturated carbocycles. The highest BCUT2D eigenvalue weighted by Gasteiger charge is 2.32. The second-order valence-electron chi connectivity index (χ2n) is 10.3. The summed E-state index contributed by atoms with van der Waals surface area (Å²) in [6, 6.07) is 11.5. The van der Waals surface area contributed by atoms with Crippen LogP contribution in [0.15, 0.2) is 42.6 Å². The van der Waals surface area contributed by atoms with Gasteiger partial charge in [0.1, 0.15) is 5.69 Å². The molecule has 37 heavy (non-hydrogen) atoms. The van der Waals surface area contributed by atoms with Crippen LogP contribution in [0.2, 0.25) is 0 Å². The van der Waals surface area contributed by atoms with E-state index in [0.717, 1.165) is 57.3 Å². The van der Waals surface area contributed by atoms with Crippen molar-refractivity contribution >= 4 is 11.6 Å². The predicted molar refractivity (Wildman–Crippen MR) is 142 cm³/mol. The zero-order chi connectivity index (χ0) is 25.5. The number of nitrogens with one attached hydrogen (secondary N) is 1. The van der Waals surface area contributed by atoms with Gasteiger partial charge < -0.3 is 15.1 Å². The maximum atomic E-state index is 12.9. The van der Waals surface area contributed by atoms with Gasteiger partial charge in [0, 0.05) is 37.4 Å². The largest absolute Gasteiger partial charge is 0.433 e. The molecule has 0 bridgehead atoms. The Bertz CT molecular complexity index is 979. The number of carbonyl (C=O) groups excluding carboxylic acids is 1. The number of pyridine rings is 1. The van der Waals surface area contributed by atoms with Crippen molar-refractivity contribution in [1.29, 1.82) is 0 Å². The topological polar surface area (TPSA) is 48.5 Å². The number of aryl methyl sites for hydroxylation is 1. The van der Waals surface area contributed by atoms with Crippen molar-refractivity contribution in [3.63, 3.8) is 0 Å². The molecule has 8 heteroatoms. The number of carbonyl (C=O) groups is 1. The van der Waals surface area contributed by atoms with Crippen LogP contribution in [0, 0.1) is 12.8 Å². The lowest BCUT2D eigenvalue weighted by Gasteiger charge is -2.34. The molecule has 1 aromatic carbocycles. The Morgan fingerprint density at radius 2 is 1.70 bits per heavy atom. The summed E-state index contributed by atoms with van der Waals surface area (Å²) in [7, 11) is 0. The quantitative estimate of drug-likeness (QED) is 0.453. The SMILES string of the molecule is C.Cc1ccc(CC2CCN(CCCC(=O)N3CCC(Nc4ccnc(C(F)(F)F)c4)CC3)CC2)cc1. The molecule has 0 radical (unpaired) electrons. The maximum absolute atomic E-state index is 12.9. The first-order valence-electron chi connectivity index (χ1n) is 13.1. The van der Waals surface area contributed by atoms with Crippen molar-refractivity contribution in [2.45, 2.75) is 71.5 Å². The van der Waals surface area contributed by atoms with Gasteiger partial charge in [-0.25, -0.2) is 0 Å². The third-order valence-electron chi connectivity index (χ3n) is 7.49. The van der Waals surface area contributed by atoms with Crippen molar-refractivity contribution in [1.82, 2.24) is 14.8 Å². The van der Waals surface area contributed by atoms with Gasteiger partial charge in [-0.15, -0.1) is 0 Å². The number of anilines is 1. The number of piperidine rings is 2. The van der Waals surface area contributed by atoms with Gasteiger partial charge in [0.05, 0.1) is 0 Å². The normalized spacial score (nSPS) is 17.9. The number of likely N-dealkylation sites (tertiary alicyclic amines) is 2. The summed E-state index contributed by atoms with van der Waals surface area (Å²) < 4.78 is 38.6. The lowest BCUT2D eigenvalue weighted by Crippen LogP contribution is -2.42. The van der Waals surface area contributed by atoms with Crippen molar-refractivity contribution in [3.8, 4) is 0 Å². The summed E-state index contributed by atoms with van der Waals surface area (Å²) in [6.45, 7) is 6.56. The number of nitrogens with zero attached hydrogens (tertiary/aromatic N) is 3. The van der Waals surface area contributed by atoms with Gasteiger partial charge in [0.25, 0.3) is 0 Å². The second kappa shape index (κ2) is 13.3. The van der Waals surface area contributed by atoms with Crippen LogP contribution in [0.4, 0.5) is 18.9 Å². The van der Waals surface area contributed by atoms with E-state index in [-0.39, 0.29) is 19.4 Å². The van der Waals surface area contributed by atoms with E-state index in [9.17, 15) is 18.0 Å². The van der Waals surface area contributed by atoms with E-state index in [0.29, 0.717) is 25.2 Å². The van der Waals surface area contributed by atoms with Crippen LogP contribution >= 0.6 is 0 Å². The molecule has 0 atom stereocenters. The minimum absolute atomic E-state index is 0. The minimum atomic E-state index is -4.45. The van der Waals surface area contributed by atoms with Crippen molar-refractivity contribution in [2.24, 2.45) is 5.92 Å². The van der Waals surface area contributed by atoms with Crippen LogP contribution in [-0.2, 0) is 17.4 Å². The average molecular weight is 519 g/mol. The van der Waals surface area contributed by atoms with Crippen LogP contribution in [0.1, 0.15) is 62.8 Å². The third kappa shape index (κ3) is 8.73. The first kappa shape index (κ1) is 29.0. The van der Waals surface area contributed by atoms with E-state index in [1.165, 1.54) is 30.2 Å². The number of alkyl halides is 3. The zero-order valence-corrected chi connectivity index (χ0v) is 21.1. The summed E-state index contributed by atoms with van der Waals surface area (Å²) >= 11 is 0. The van der Waals surface area contributed by atoms with Crippen LogP contribution in [0.3, 0.4) is 0 Å². The second-order valence-corrected chi connectivity index (χ2v) is 10.3. The molecule has 2 aliphatic heterocycles. The Balaban J connectivity index is 0.00000380. The highest BCUT2D eigenvalue weighted by Crippen LogP contribution is 2.29. The van der Waals surface area contributed by atoms with Crippen molar-refractivity contribution in [2.75, 3.05) is 38.0 Å². The lowest BCUT2D eigenvalue weighted by atomic mass is 9.90. The molecule has 3 heterocycles. The molecule has 2 saturated heterocycles. The molecule has 0 unspecified atom stereocenters. The van der Waals surface area contributed by atoms with E-state index in [4.69, 9.17) is 0 Å². The molecule has 5 nitrogen and oxygen atoms in total. The first-order chi connectivity index (χ1) is 17.3. The molecule has 2 fully saturated rings. The van der Waals surface area contributed by atoms with Gasteiger partial charge in [-0.3, -0.25) is 9.78 Å². The third-order valence-corrected chi connectivity index (χ3v) is 7.49. The zero-order valence-electron chi connectivity index (χ0n) is 21.1. The number of aromatic nitrogens is 1. The number of amides is 1. The fourth-order valence-electron chi connectivity index (χ4n) is 5.27. The molecule has 1 N–H and O–H groups in total. The molecule has 1 amide bonds. The highest BCUT2D eigenvalue weighted by atomic mass is 19.4. The van der Waals surface area contributed by atoms with Crippen LogP contribution < -0.4 is 5.32 Å². The van der Waals surface area contributed by atoms with Crippen molar-refractivity contribution < 1.29 is 18.0 Å². The number of hydrogen-bond donors (Lipinski definition) is 1. The van der Waals surface area contributed by atoms with Crippen LogP contribution in [0.5, 0.6) is 0 Å². The van der Waals surface area contributed by atoms with Crippen molar-refractivity contribution in [3.05, 3.63) is 59.4 Å².